The van der Waals surface area contributed by atoms with Gasteiger partial charge in [0, 0.05) is 36.3 Å². The van der Waals surface area contributed by atoms with Crippen LogP contribution < -0.4 is 4.74 Å². The monoisotopic (exact) mass is 584 g/mol. The van der Waals surface area contributed by atoms with Crippen molar-refractivity contribution in [3.63, 3.8) is 0 Å². The van der Waals surface area contributed by atoms with Gasteiger partial charge in [-0.2, -0.15) is 0 Å². The number of rotatable bonds is 7. The molecular weight excluding hydrogens is 548 g/mol. The summed E-state index contributed by atoms with van der Waals surface area (Å²) < 4.78 is 13.2. The Morgan fingerprint density at radius 3 is 2.61 bits per heavy atom. The maximum absolute atomic E-state index is 12.6. The van der Waals surface area contributed by atoms with Crippen LogP contribution in [0.2, 0.25) is 0 Å². The molecule has 7 heteroatoms. The number of hydrogen-bond acceptors (Lipinski definition) is 6. The number of carbonyl (C=O) groups excluding carboxylic acids is 1. The zero-order chi connectivity index (χ0) is 29.9. The average molecular weight is 585 g/mol. The van der Waals surface area contributed by atoms with Gasteiger partial charge in [0.05, 0.1) is 24.5 Å². The molecule has 0 radical (unpaired) electrons. The van der Waals surface area contributed by atoms with Crippen LogP contribution in [0.15, 0.2) is 96.8 Å². The highest BCUT2D eigenvalue weighted by atomic mass is 16.5. The molecule has 5 aromatic rings. The Bertz CT molecular complexity index is 1840. The van der Waals surface area contributed by atoms with E-state index in [4.69, 9.17) is 19.4 Å². The molecule has 44 heavy (non-hydrogen) atoms. The fraction of sp³-hybridized carbons (Fsp3) is 0.270. The van der Waals surface area contributed by atoms with Gasteiger partial charge in [0.1, 0.15) is 23.9 Å². The predicted molar refractivity (Wildman–Crippen MR) is 171 cm³/mol. The molecular formula is C37H36N4O3. The number of aryl methyl sites for hydroxylation is 1. The van der Waals surface area contributed by atoms with Crippen molar-refractivity contribution in [2.24, 2.45) is 0 Å². The number of allylic oxidation sites excluding steroid dienone is 1. The fourth-order valence-corrected chi connectivity index (χ4v) is 6.47. The third-order valence-corrected chi connectivity index (χ3v) is 8.76. The third-order valence-electron chi connectivity index (χ3n) is 8.76. The van der Waals surface area contributed by atoms with Gasteiger partial charge >= 0.3 is 5.97 Å². The molecule has 0 spiro atoms. The van der Waals surface area contributed by atoms with Gasteiger partial charge in [0.25, 0.3) is 0 Å². The fourth-order valence-electron chi connectivity index (χ4n) is 6.47. The van der Waals surface area contributed by atoms with E-state index in [0.717, 1.165) is 78.9 Å². The van der Waals surface area contributed by atoms with Crippen LogP contribution in [0.1, 0.15) is 58.0 Å². The van der Waals surface area contributed by atoms with Crippen LogP contribution in [0.4, 0.5) is 0 Å². The molecule has 0 saturated carbocycles. The van der Waals surface area contributed by atoms with E-state index >= 15 is 0 Å². The number of hydrogen-bond donors (Lipinski definition) is 0. The van der Waals surface area contributed by atoms with Gasteiger partial charge in [-0.25, -0.2) is 14.8 Å². The first kappa shape index (κ1) is 27.9. The van der Waals surface area contributed by atoms with Gasteiger partial charge in [-0.1, -0.05) is 60.7 Å². The van der Waals surface area contributed by atoms with E-state index in [1.54, 1.807) is 6.20 Å². The lowest BCUT2D eigenvalue weighted by molar-refractivity contribution is 0.0588. The van der Waals surface area contributed by atoms with Crippen molar-refractivity contribution in [2.45, 2.75) is 45.3 Å². The van der Waals surface area contributed by atoms with E-state index in [-0.39, 0.29) is 5.97 Å². The van der Waals surface area contributed by atoms with Crippen molar-refractivity contribution in [1.82, 2.24) is 19.4 Å². The van der Waals surface area contributed by atoms with Gasteiger partial charge < -0.3 is 18.9 Å². The molecule has 0 unspecified atom stereocenters. The van der Waals surface area contributed by atoms with Crippen molar-refractivity contribution in [1.29, 1.82) is 0 Å². The summed E-state index contributed by atoms with van der Waals surface area (Å²) in [4.78, 5) is 24.7. The zero-order valence-electron chi connectivity index (χ0n) is 25.0. The zero-order valence-corrected chi connectivity index (χ0v) is 25.0. The molecule has 0 atom stereocenters. The van der Waals surface area contributed by atoms with E-state index in [1.165, 1.54) is 29.5 Å². The lowest BCUT2D eigenvalue weighted by atomic mass is 9.92. The van der Waals surface area contributed by atoms with E-state index in [9.17, 15) is 4.79 Å². The summed E-state index contributed by atoms with van der Waals surface area (Å²) >= 11 is 0. The Kier molecular flexibility index (Phi) is 7.84. The van der Waals surface area contributed by atoms with Crippen molar-refractivity contribution < 1.29 is 14.3 Å². The number of aromatic nitrogens is 3. The summed E-state index contributed by atoms with van der Waals surface area (Å²) in [6, 6.07) is 29.3. The van der Waals surface area contributed by atoms with Gasteiger partial charge in [0.15, 0.2) is 0 Å². The maximum atomic E-state index is 12.6. The summed E-state index contributed by atoms with van der Waals surface area (Å²) in [6.07, 6.45) is 6.72. The number of pyridine rings is 1. The molecule has 2 aromatic heterocycles. The first-order valence-electron chi connectivity index (χ1n) is 15.4. The minimum atomic E-state index is -0.347. The number of nitrogens with zero attached hydrogens (tertiary/aromatic N) is 4. The predicted octanol–water partition coefficient (Wildman–Crippen LogP) is 6.84. The van der Waals surface area contributed by atoms with Crippen molar-refractivity contribution >= 4 is 22.4 Å². The summed E-state index contributed by atoms with van der Waals surface area (Å²) in [5.74, 6) is 1.35. The van der Waals surface area contributed by atoms with Crippen LogP contribution in [0.3, 0.4) is 0 Å². The second-order valence-corrected chi connectivity index (χ2v) is 11.5. The van der Waals surface area contributed by atoms with Gasteiger partial charge in [0.2, 0.25) is 0 Å². The molecule has 1 saturated heterocycles. The first-order chi connectivity index (χ1) is 21.7. The third kappa shape index (κ3) is 5.57. The molecule has 0 aliphatic carbocycles. The number of methoxy groups -OCH3 is 1. The van der Waals surface area contributed by atoms with Crippen molar-refractivity contribution in [3.05, 3.63) is 131 Å². The first-order valence-corrected chi connectivity index (χ1v) is 15.4. The lowest BCUT2D eigenvalue weighted by Crippen LogP contribution is -2.31. The Labute approximate surface area is 257 Å². The standard InChI is InChI=1S/C37H36N4O3/c1-43-37(42)34-24-38-36-35(31-10-4-2-8-27(31)20-23-41(34)36)33-12-6-7-21-40(33)22-19-26-13-17-30(18-14-26)44-25-29-16-15-28-9-3-5-11-32(28)39-29/h2-5,8-11,13-18,24H,6-7,12,19-23,25H2,1H3. The minimum Gasteiger partial charge on any atom is -0.487 e. The normalized spacial score (nSPS) is 16.2. The summed E-state index contributed by atoms with van der Waals surface area (Å²) in [7, 11) is 1.43. The highest BCUT2D eigenvalue weighted by Gasteiger charge is 2.29. The van der Waals surface area contributed by atoms with Gasteiger partial charge in [-0.15, -0.1) is 0 Å². The lowest BCUT2D eigenvalue weighted by Gasteiger charge is -2.34. The molecule has 0 bridgehead atoms. The Balaban J connectivity index is 1.10. The highest BCUT2D eigenvalue weighted by molar-refractivity contribution is 5.89. The molecule has 0 amide bonds. The molecule has 2 aliphatic heterocycles. The molecule has 1 fully saturated rings. The quantitative estimate of drug-likeness (QED) is 0.195. The van der Waals surface area contributed by atoms with Gasteiger partial charge in [-0.05, 0) is 73.1 Å². The second-order valence-electron chi connectivity index (χ2n) is 11.5. The number of fused-ring (bicyclic) bond motifs is 3. The molecule has 222 valence electrons. The van der Waals surface area contributed by atoms with Gasteiger partial charge in [-0.3, -0.25) is 0 Å². The molecule has 2 aliphatic rings. The van der Waals surface area contributed by atoms with Crippen LogP contribution >= 0.6 is 0 Å². The van der Waals surface area contributed by atoms with Crippen molar-refractivity contribution in [2.75, 3.05) is 20.2 Å². The summed E-state index contributed by atoms with van der Waals surface area (Å²) in [5.41, 5.74) is 8.65. The molecule has 3 aromatic carbocycles. The molecule has 0 N–H and O–H groups in total. The largest absolute Gasteiger partial charge is 0.487 e. The van der Waals surface area contributed by atoms with E-state index < -0.39 is 0 Å². The second kappa shape index (κ2) is 12.4. The Hall–Kier alpha value is -4.91. The number of benzene rings is 3. The SMILES string of the molecule is COC(=O)c1cnc2n1CCc1ccccc1C2=C1CCCCN1CCc1ccc(OCc2ccc3ccccc3n2)cc1. The van der Waals surface area contributed by atoms with Crippen LogP contribution in [0.5, 0.6) is 5.75 Å². The van der Waals surface area contributed by atoms with E-state index in [0.29, 0.717) is 18.8 Å². The van der Waals surface area contributed by atoms with E-state index in [1.807, 2.05) is 28.8 Å². The number of carbonyl (C=O) groups is 1. The minimum absolute atomic E-state index is 0.347. The Morgan fingerprint density at radius 2 is 1.73 bits per heavy atom. The van der Waals surface area contributed by atoms with Crippen molar-refractivity contribution in [3.8, 4) is 5.75 Å². The number of ether oxygens (including phenoxy) is 2. The van der Waals surface area contributed by atoms with Crippen LogP contribution in [0.25, 0.3) is 16.5 Å². The molecule has 7 nitrogen and oxygen atoms in total. The summed E-state index contributed by atoms with van der Waals surface area (Å²) in [5, 5.41) is 1.13. The number of para-hydroxylation sites is 1. The number of likely N-dealkylation sites (tertiary alicyclic amines) is 1. The van der Waals surface area contributed by atoms with Crippen LogP contribution in [-0.2, 0) is 30.7 Å². The summed E-state index contributed by atoms with van der Waals surface area (Å²) in [6.45, 7) is 3.04. The van der Waals surface area contributed by atoms with Crippen LogP contribution in [-0.4, -0.2) is 45.6 Å². The smallest absolute Gasteiger partial charge is 0.356 e. The number of imidazole rings is 1. The number of piperidine rings is 1. The molecule has 7 rings (SSSR count). The number of esters is 1. The highest BCUT2D eigenvalue weighted by Crippen LogP contribution is 2.37. The maximum Gasteiger partial charge on any atom is 0.356 e. The Morgan fingerprint density at radius 1 is 0.886 bits per heavy atom. The molecule has 4 heterocycles. The average Bonchev–Trinajstić information content (AvgIpc) is 3.42. The topological polar surface area (TPSA) is 69.5 Å². The van der Waals surface area contributed by atoms with Crippen LogP contribution in [0, 0.1) is 0 Å². The van der Waals surface area contributed by atoms with E-state index in [2.05, 4.69) is 65.6 Å².